The highest BCUT2D eigenvalue weighted by Gasteiger charge is 2.24. The van der Waals surface area contributed by atoms with Gasteiger partial charge in [-0.25, -0.2) is 4.79 Å². The third-order valence-electron chi connectivity index (χ3n) is 3.07. The van der Waals surface area contributed by atoms with Gasteiger partial charge in [-0.3, -0.25) is 15.1 Å². The van der Waals surface area contributed by atoms with Gasteiger partial charge in [0.1, 0.15) is 11.3 Å². The SMILES string of the molecule is CCOC(=O)/C(C=NC1CC1)=C(\O)c1ccccc1[N+](=O)[O-]. The number of esters is 1. The molecule has 22 heavy (non-hydrogen) atoms. The summed E-state index contributed by atoms with van der Waals surface area (Å²) in [5, 5.41) is 21.4. The predicted molar refractivity (Wildman–Crippen MR) is 80.8 cm³/mol. The van der Waals surface area contributed by atoms with Gasteiger partial charge in [0.15, 0.2) is 0 Å². The molecule has 1 saturated carbocycles. The number of aliphatic imine (C=N–C) groups is 1. The van der Waals surface area contributed by atoms with E-state index in [1.165, 1.54) is 24.4 Å². The van der Waals surface area contributed by atoms with Crippen LogP contribution in [0.2, 0.25) is 0 Å². The summed E-state index contributed by atoms with van der Waals surface area (Å²) in [6.07, 6.45) is 3.10. The lowest BCUT2D eigenvalue weighted by molar-refractivity contribution is -0.385. The molecule has 116 valence electrons. The first-order chi connectivity index (χ1) is 10.5. The van der Waals surface area contributed by atoms with Gasteiger partial charge in [0, 0.05) is 12.3 Å². The molecule has 7 heteroatoms. The fraction of sp³-hybridized carbons (Fsp3) is 0.333. The summed E-state index contributed by atoms with van der Waals surface area (Å²) in [4.78, 5) is 26.5. The van der Waals surface area contributed by atoms with Gasteiger partial charge in [0.2, 0.25) is 0 Å². The molecule has 1 N–H and O–H groups in total. The van der Waals surface area contributed by atoms with Gasteiger partial charge in [-0.15, -0.1) is 0 Å². The van der Waals surface area contributed by atoms with E-state index in [0.29, 0.717) is 0 Å². The molecule has 1 aliphatic carbocycles. The maximum absolute atomic E-state index is 12.0. The average molecular weight is 304 g/mol. The molecule has 1 aromatic carbocycles. The fourth-order valence-electron chi connectivity index (χ4n) is 1.80. The van der Waals surface area contributed by atoms with E-state index >= 15 is 0 Å². The molecular weight excluding hydrogens is 288 g/mol. The van der Waals surface area contributed by atoms with Crippen molar-refractivity contribution in [2.24, 2.45) is 4.99 Å². The number of benzene rings is 1. The molecule has 0 aromatic heterocycles. The number of aliphatic hydroxyl groups excluding tert-OH is 1. The highest BCUT2D eigenvalue weighted by molar-refractivity contribution is 6.15. The lowest BCUT2D eigenvalue weighted by Gasteiger charge is -2.07. The molecule has 0 spiro atoms. The molecule has 1 aliphatic rings. The van der Waals surface area contributed by atoms with Crippen molar-refractivity contribution in [1.82, 2.24) is 0 Å². The molecule has 0 amide bonds. The van der Waals surface area contributed by atoms with Crippen molar-refractivity contribution in [3.63, 3.8) is 0 Å². The predicted octanol–water partition coefficient (Wildman–Crippen LogP) is 2.66. The van der Waals surface area contributed by atoms with Gasteiger partial charge in [-0.1, -0.05) is 12.1 Å². The van der Waals surface area contributed by atoms with Gasteiger partial charge in [-0.2, -0.15) is 0 Å². The number of aliphatic hydroxyl groups is 1. The third-order valence-corrected chi connectivity index (χ3v) is 3.07. The molecule has 0 aliphatic heterocycles. The van der Waals surface area contributed by atoms with Crippen LogP contribution in [0.3, 0.4) is 0 Å². The van der Waals surface area contributed by atoms with Crippen LogP contribution in [0.15, 0.2) is 34.8 Å². The van der Waals surface area contributed by atoms with Crippen LogP contribution >= 0.6 is 0 Å². The van der Waals surface area contributed by atoms with Crippen LogP contribution in [0, 0.1) is 10.1 Å². The van der Waals surface area contributed by atoms with Crippen LogP contribution in [0.25, 0.3) is 5.76 Å². The molecule has 1 aromatic rings. The van der Waals surface area contributed by atoms with Crippen LogP contribution in [-0.4, -0.2) is 34.9 Å². The molecule has 7 nitrogen and oxygen atoms in total. The van der Waals surface area contributed by atoms with Crippen LogP contribution in [0.5, 0.6) is 0 Å². The van der Waals surface area contributed by atoms with Crippen molar-refractivity contribution in [3.8, 4) is 0 Å². The first-order valence-corrected chi connectivity index (χ1v) is 6.92. The smallest absolute Gasteiger partial charge is 0.343 e. The number of nitro benzene ring substituents is 1. The van der Waals surface area contributed by atoms with Crippen molar-refractivity contribution < 1.29 is 19.6 Å². The van der Waals surface area contributed by atoms with Crippen LogP contribution in [0.1, 0.15) is 25.3 Å². The van der Waals surface area contributed by atoms with E-state index in [-0.39, 0.29) is 29.5 Å². The van der Waals surface area contributed by atoms with E-state index < -0.39 is 16.7 Å². The second-order valence-electron chi connectivity index (χ2n) is 4.77. The summed E-state index contributed by atoms with van der Waals surface area (Å²) in [7, 11) is 0. The van der Waals surface area contributed by atoms with Gasteiger partial charge in [0.05, 0.1) is 23.1 Å². The number of ether oxygens (including phenoxy) is 1. The third kappa shape index (κ3) is 3.69. The zero-order valence-corrected chi connectivity index (χ0v) is 12.1. The number of hydrogen-bond acceptors (Lipinski definition) is 6. The van der Waals surface area contributed by atoms with Crippen molar-refractivity contribution in [2.75, 3.05) is 6.61 Å². The molecule has 1 fully saturated rings. The topological polar surface area (TPSA) is 102 Å². The monoisotopic (exact) mass is 304 g/mol. The second kappa shape index (κ2) is 6.84. The number of para-hydroxylation sites is 1. The number of rotatable bonds is 6. The Morgan fingerprint density at radius 3 is 2.77 bits per heavy atom. The van der Waals surface area contributed by atoms with Crippen molar-refractivity contribution in [2.45, 2.75) is 25.8 Å². The quantitative estimate of drug-likeness (QED) is 0.217. The van der Waals surface area contributed by atoms with E-state index in [2.05, 4.69) is 4.99 Å². The zero-order valence-electron chi connectivity index (χ0n) is 12.1. The summed E-state index contributed by atoms with van der Waals surface area (Å²) >= 11 is 0. The first kappa shape index (κ1) is 15.7. The van der Waals surface area contributed by atoms with Crippen LogP contribution in [-0.2, 0) is 9.53 Å². The molecule has 0 heterocycles. The highest BCUT2D eigenvalue weighted by atomic mass is 16.6. The maximum Gasteiger partial charge on any atom is 0.343 e. The van der Waals surface area contributed by atoms with Gasteiger partial charge in [-0.05, 0) is 25.8 Å². The number of nitro groups is 1. The maximum atomic E-state index is 12.0. The van der Waals surface area contributed by atoms with Crippen LogP contribution in [0.4, 0.5) is 5.69 Å². The summed E-state index contributed by atoms with van der Waals surface area (Å²) < 4.78 is 4.88. The Morgan fingerprint density at radius 2 is 2.18 bits per heavy atom. The highest BCUT2D eigenvalue weighted by Crippen LogP contribution is 2.27. The molecule has 0 saturated heterocycles. The Labute approximate surface area is 127 Å². The summed E-state index contributed by atoms with van der Waals surface area (Å²) in [5.41, 5.74) is -0.512. The van der Waals surface area contributed by atoms with Gasteiger partial charge >= 0.3 is 5.97 Å². The van der Waals surface area contributed by atoms with E-state index in [1.807, 2.05) is 0 Å². The number of carbonyl (C=O) groups excluding carboxylic acids is 1. The average Bonchev–Trinajstić information content (AvgIpc) is 3.31. The second-order valence-corrected chi connectivity index (χ2v) is 4.77. The molecular formula is C15H16N2O5. The lowest BCUT2D eigenvalue weighted by atomic mass is 10.1. The minimum Gasteiger partial charge on any atom is -0.506 e. The summed E-state index contributed by atoms with van der Waals surface area (Å²) in [6, 6.07) is 5.80. The van der Waals surface area contributed by atoms with E-state index in [9.17, 15) is 20.0 Å². The Balaban J connectivity index is 2.47. The fourth-order valence-corrected chi connectivity index (χ4v) is 1.80. The molecule has 2 rings (SSSR count). The van der Waals surface area contributed by atoms with Gasteiger partial charge < -0.3 is 9.84 Å². The normalized spacial score (nSPS) is 15.5. The largest absolute Gasteiger partial charge is 0.506 e. The standard InChI is InChI=1S/C15H16N2O5/c1-2-22-15(19)12(9-16-10-7-8-10)14(18)11-5-3-4-6-13(11)17(20)21/h3-6,9-10,18H,2,7-8H2,1H3/b14-12-,16-9?. The summed E-state index contributed by atoms with van der Waals surface area (Å²) in [6.45, 7) is 1.76. The van der Waals surface area contributed by atoms with E-state index in [0.717, 1.165) is 12.8 Å². The Kier molecular flexibility index (Phi) is 4.88. The van der Waals surface area contributed by atoms with Crippen molar-refractivity contribution in [1.29, 1.82) is 0 Å². The van der Waals surface area contributed by atoms with E-state index in [1.54, 1.807) is 13.0 Å². The minimum absolute atomic E-state index is 0.0437. The Morgan fingerprint density at radius 1 is 1.50 bits per heavy atom. The number of carbonyl (C=O) groups is 1. The Bertz CT molecular complexity index is 647. The Hall–Kier alpha value is -2.70. The minimum atomic E-state index is -0.762. The number of hydrogen-bond donors (Lipinski definition) is 1. The van der Waals surface area contributed by atoms with Gasteiger partial charge in [0.25, 0.3) is 5.69 Å². The molecule has 0 unspecified atom stereocenters. The zero-order chi connectivity index (χ0) is 16.1. The van der Waals surface area contributed by atoms with Crippen molar-refractivity contribution in [3.05, 3.63) is 45.5 Å². The number of nitrogens with zero attached hydrogens (tertiary/aromatic N) is 2. The molecule has 0 atom stereocenters. The lowest BCUT2D eigenvalue weighted by Crippen LogP contribution is -2.12. The van der Waals surface area contributed by atoms with E-state index in [4.69, 9.17) is 4.74 Å². The van der Waals surface area contributed by atoms with Crippen molar-refractivity contribution >= 4 is 23.6 Å². The van der Waals surface area contributed by atoms with Crippen LogP contribution < -0.4 is 0 Å². The summed E-state index contributed by atoms with van der Waals surface area (Å²) in [5.74, 6) is -1.27. The molecule has 0 bridgehead atoms. The molecule has 0 radical (unpaired) electrons. The first-order valence-electron chi connectivity index (χ1n) is 6.92.